The summed E-state index contributed by atoms with van der Waals surface area (Å²) in [6.45, 7) is 3.52. The number of Topliss-reactive ketones (excluding diaryl/α,β-unsaturated/α-hetero) is 1. The fourth-order valence-electron chi connectivity index (χ4n) is 7.32. The van der Waals surface area contributed by atoms with Crippen LogP contribution >= 0.6 is 0 Å². The number of ether oxygens (including phenoxy) is 1. The van der Waals surface area contributed by atoms with Crippen molar-refractivity contribution in [2.45, 2.75) is 64.8 Å². The van der Waals surface area contributed by atoms with Gasteiger partial charge in [0.15, 0.2) is 16.4 Å². The zero-order chi connectivity index (χ0) is 21.3. The minimum absolute atomic E-state index is 0.119. The predicted octanol–water partition coefficient (Wildman–Crippen LogP) is 3.41. The van der Waals surface area contributed by atoms with Crippen molar-refractivity contribution in [3.63, 3.8) is 0 Å². The Hall–Kier alpha value is -1.63. The second kappa shape index (κ2) is 6.94. The van der Waals surface area contributed by atoms with Crippen molar-refractivity contribution in [3.05, 3.63) is 23.0 Å². The number of sulfone groups is 1. The van der Waals surface area contributed by atoms with Crippen molar-refractivity contribution < 1.29 is 22.7 Å². The molecule has 1 aromatic rings. The Morgan fingerprint density at radius 1 is 1.10 bits per heavy atom. The molecule has 1 aliphatic heterocycles. The lowest BCUT2D eigenvalue weighted by molar-refractivity contribution is -0.170. The van der Waals surface area contributed by atoms with Gasteiger partial charge in [-0.05, 0) is 82.6 Å². The topological polar surface area (TPSA) is 82.4 Å². The van der Waals surface area contributed by atoms with Crippen molar-refractivity contribution in [2.24, 2.45) is 23.2 Å². The van der Waals surface area contributed by atoms with E-state index < -0.39 is 9.84 Å². The Labute approximate surface area is 178 Å². The van der Waals surface area contributed by atoms with Crippen molar-refractivity contribution in [2.75, 3.05) is 18.1 Å². The van der Waals surface area contributed by atoms with Crippen LogP contribution in [0.3, 0.4) is 0 Å². The van der Waals surface area contributed by atoms with E-state index in [1.807, 2.05) is 18.4 Å². The standard InChI is InChI=1S/C23H31NO5S/c1-14-5-20(15(2)24(14)19-3-4-30(27,28)13-19)21(25)12-29-22(26)23-9-16-6-17(10-23)8-18(7-16)11-23/h5,16-19H,3-4,6-13H2,1-2H3/t16?,17?,18?,19-,23?/m0/s1. The van der Waals surface area contributed by atoms with E-state index in [9.17, 15) is 18.0 Å². The third-order valence-corrected chi connectivity index (χ3v) is 9.91. The molecule has 1 aromatic heterocycles. The van der Waals surface area contributed by atoms with Gasteiger partial charge in [0.25, 0.3) is 0 Å². The summed E-state index contributed by atoms with van der Waals surface area (Å²) in [4.78, 5) is 25.9. The second-order valence-corrected chi connectivity index (χ2v) is 12.6. The highest BCUT2D eigenvalue weighted by atomic mass is 32.2. The first-order chi connectivity index (χ1) is 14.2. The number of rotatable bonds is 5. The van der Waals surface area contributed by atoms with Gasteiger partial charge in [-0.15, -0.1) is 0 Å². The maximum atomic E-state index is 13.0. The van der Waals surface area contributed by atoms with E-state index in [1.54, 1.807) is 6.07 Å². The molecule has 30 heavy (non-hydrogen) atoms. The lowest BCUT2D eigenvalue weighted by Gasteiger charge is -2.55. The number of hydrogen-bond donors (Lipinski definition) is 0. The summed E-state index contributed by atoms with van der Waals surface area (Å²) < 4.78 is 31.3. The summed E-state index contributed by atoms with van der Waals surface area (Å²) in [5.41, 5.74) is 1.83. The van der Waals surface area contributed by atoms with E-state index in [-0.39, 0.29) is 41.3 Å². The summed E-state index contributed by atoms with van der Waals surface area (Å²) in [6.07, 6.45) is 7.13. The first-order valence-electron chi connectivity index (χ1n) is 11.2. The zero-order valence-corrected chi connectivity index (χ0v) is 18.7. The highest BCUT2D eigenvalue weighted by Crippen LogP contribution is 2.60. The van der Waals surface area contributed by atoms with Gasteiger partial charge >= 0.3 is 5.97 Å². The molecule has 6 rings (SSSR count). The number of aryl methyl sites for hydroxylation is 1. The van der Waals surface area contributed by atoms with Crippen LogP contribution in [0.15, 0.2) is 6.07 Å². The van der Waals surface area contributed by atoms with Gasteiger partial charge in [0.05, 0.1) is 16.9 Å². The van der Waals surface area contributed by atoms with Gasteiger partial charge in [-0.1, -0.05) is 0 Å². The molecule has 4 aliphatic carbocycles. The molecule has 0 radical (unpaired) electrons. The van der Waals surface area contributed by atoms with Gasteiger partial charge in [-0.2, -0.15) is 0 Å². The third kappa shape index (κ3) is 3.33. The normalized spacial score (nSPS) is 36.2. The molecular weight excluding hydrogens is 402 g/mol. The molecule has 1 atom stereocenters. The minimum atomic E-state index is -3.01. The summed E-state index contributed by atoms with van der Waals surface area (Å²) in [5.74, 6) is 1.90. The molecule has 5 fully saturated rings. The molecule has 1 saturated heterocycles. The van der Waals surface area contributed by atoms with Crippen LogP contribution in [0.4, 0.5) is 0 Å². The molecule has 6 nitrogen and oxygen atoms in total. The predicted molar refractivity (Wildman–Crippen MR) is 112 cm³/mol. The largest absolute Gasteiger partial charge is 0.457 e. The van der Waals surface area contributed by atoms with Crippen molar-refractivity contribution in [1.29, 1.82) is 0 Å². The molecule has 7 heteroatoms. The molecule has 0 unspecified atom stereocenters. The second-order valence-electron chi connectivity index (χ2n) is 10.4. The number of aromatic nitrogens is 1. The molecule has 4 saturated carbocycles. The van der Waals surface area contributed by atoms with Gasteiger partial charge < -0.3 is 9.30 Å². The van der Waals surface area contributed by atoms with Crippen molar-refractivity contribution in [3.8, 4) is 0 Å². The molecule has 0 aromatic carbocycles. The average Bonchev–Trinajstić information content (AvgIpc) is 3.16. The SMILES string of the molecule is Cc1cc(C(=O)COC(=O)C23CC4CC(CC(C4)C2)C3)c(C)n1[C@H]1CCS(=O)(=O)C1. The molecule has 0 N–H and O–H groups in total. The number of carbonyl (C=O) groups is 2. The van der Waals surface area contributed by atoms with Gasteiger partial charge in [0.2, 0.25) is 5.78 Å². The lowest BCUT2D eigenvalue weighted by atomic mass is 9.49. The summed E-state index contributed by atoms with van der Waals surface area (Å²) in [7, 11) is -3.01. The van der Waals surface area contributed by atoms with Gasteiger partial charge in [0.1, 0.15) is 0 Å². The fraction of sp³-hybridized carbons (Fsp3) is 0.739. The fourth-order valence-corrected chi connectivity index (χ4v) is 9.02. The van der Waals surface area contributed by atoms with Crippen LogP contribution in [-0.2, 0) is 19.4 Å². The van der Waals surface area contributed by atoms with Crippen LogP contribution in [0.5, 0.6) is 0 Å². The van der Waals surface area contributed by atoms with E-state index in [2.05, 4.69) is 0 Å². The summed E-state index contributed by atoms with van der Waals surface area (Å²) in [5, 5.41) is 0. The van der Waals surface area contributed by atoms with Gasteiger partial charge in [0, 0.05) is 23.0 Å². The summed E-state index contributed by atoms with van der Waals surface area (Å²) >= 11 is 0. The first-order valence-corrected chi connectivity index (χ1v) is 13.1. The molecule has 4 bridgehead atoms. The molecule has 5 aliphatic rings. The molecule has 0 spiro atoms. The van der Waals surface area contributed by atoms with Crippen LogP contribution in [0.1, 0.15) is 72.7 Å². The number of hydrogen-bond acceptors (Lipinski definition) is 5. The highest BCUT2D eigenvalue weighted by Gasteiger charge is 2.55. The van der Waals surface area contributed by atoms with E-state index in [1.165, 1.54) is 19.3 Å². The van der Waals surface area contributed by atoms with Crippen LogP contribution in [0.25, 0.3) is 0 Å². The van der Waals surface area contributed by atoms with E-state index >= 15 is 0 Å². The van der Waals surface area contributed by atoms with Crippen LogP contribution in [0.2, 0.25) is 0 Å². The average molecular weight is 434 g/mol. The smallest absolute Gasteiger partial charge is 0.312 e. The molecule has 2 heterocycles. The maximum Gasteiger partial charge on any atom is 0.312 e. The summed E-state index contributed by atoms with van der Waals surface area (Å²) in [6, 6.07) is 1.69. The third-order valence-electron chi connectivity index (χ3n) is 8.16. The van der Waals surface area contributed by atoms with Crippen LogP contribution in [-0.4, -0.2) is 42.9 Å². The number of nitrogens with zero attached hydrogens (tertiary/aromatic N) is 1. The van der Waals surface area contributed by atoms with Crippen molar-refractivity contribution >= 4 is 21.6 Å². The van der Waals surface area contributed by atoms with Crippen LogP contribution in [0, 0.1) is 37.0 Å². The Bertz CT molecular complexity index is 970. The molecule has 164 valence electrons. The maximum absolute atomic E-state index is 13.0. The van der Waals surface area contributed by atoms with E-state index in [4.69, 9.17) is 4.74 Å². The minimum Gasteiger partial charge on any atom is -0.457 e. The van der Waals surface area contributed by atoms with Gasteiger partial charge in [-0.3, -0.25) is 9.59 Å². The number of carbonyl (C=O) groups excluding carboxylic acids is 2. The van der Waals surface area contributed by atoms with Crippen LogP contribution < -0.4 is 0 Å². The Morgan fingerprint density at radius 2 is 1.70 bits per heavy atom. The van der Waals surface area contributed by atoms with E-state index in [0.29, 0.717) is 29.7 Å². The molecular formula is C23H31NO5S. The van der Waals surface area contributed by atoms with Gasteiger partial charge in [-0.25, -0.2) is 8.42 Å². The van der Waals surface area contributed by atoms with Crippen molar-refractivity contribution in [1.82, 2.24) is 4.57 Å². The molecule has 0 amide bonds. The van der Waals surface area contributed by atoms with E-state index in [0.717, 1.165) is 30.7 Å². The zero-order valence-electron chi connectivity index (χ0n) is 17.9. The Balaban J connectivity index is 1.27. The number of esters is 1. The Kier molecular flexibility index (Phi) is 4.69. The number of ketones is 1. The Morgan fingerprint density at radius 3 is 2.23 bits per heavy atom. The first kappa shape index (κ1) is 20.3. The monoisotopic (exact) mass is 433 g/mol. The lowest BCUT2D eigenvalue weighted by Crippen LogP contribution is -2.50. The highest BCUT2D eigenvalue weighted by molar-refractivity contribution is 7.91. The quantitative estimate of drug-likeness (QED) is 0.525.